The lowest BCUT2D eigenvalue weighted by atomic mass is 10.1. The normalized spacial score (nSPS) is 16.8. The molecule has 0 aliphatic carbocycles. The smallest absolute Gasteiger partial charge is 0.471 e. The topological polar surface area (TPSA) is 111 Å². The third kappa shape index (κ3) is 7.68. The van der Waals surface area contributed by atoms with Crippen LogP contribution in [0.5, 0.6) is 5.75 Å². The van der Waals surface area contributed by atoms with Crippen LogP contribution in [-0.2, 0) is 32.2 Å². The van der Waals surface area contributed by atoms with E-state index in [0.717, 1.165) is 19.2 Å². The molecule has 0 unspecified atom stereocenters. The summed E-state index contributed by atoms with van der Waals surface area (Å²) in [7, 11) is 1.04. The van der Waals surface area contributed by atoms with Crippen LogP contribution < -0.4 is 4.74 Å². The first-order valence-corrected chi connectivity index (χ1v) is 9.97. The first-order chi connectivity index (χ1) is 16.3. The number of halogens is 6. The largest absolute Gasteiger partial charge is 0.496 e. The van der Waals surface area contributed by atoms with Crippen LogP contribution in [0, 0.1) is 10.1 Å². The van der Waals surface area contributed by atoms with Crippen LogP contribution in [0.4, 0.5) is 32.0 Å². The summed E-state index contributed by atoms with van der Waals surface area (Å²) in [4.78, 5) is 35.0. The Balaban J connectivity index is 2.61. The molecular weight excluding hydrogens is 496 g/mol. The zero-order valence-corrected chi connectivity index (χ0v) is 18.3. The van der Waals surface area contributed by atoms with Crippen molar-refractivity contribution in [1.82, 2.24) is 9.80 Å². The zero-order chi connectivity index (χ0) is 26.4. The maximum atomic E-state index is 13.1. The van der Waals surface area contributed by atoms with Gasteiger partial charge in [-0.25, -0.2) is 0 Å². The minimum absolute atomic E-state index is 0.149. The maximum absolute atomic E-state index is 13.1. The van der Waals surface area contributed by atoms with Crippen LogP contribution in [0.15, 0.2) is 12.1 Å². The number of alkyl halides is 6. The molecule has 0 saturated carbocycles. The number of non-ortho nitro benzene ring substituents is 1. The second-order valence-electron chi connectivity index (χ2n) is 7.23. The van der Waals surface area contributed by atoms with Crippen LogP contribution in [-0.4, -0.2) is 85.5 Å². The number of methoxy groups -OCH3 is 1. The fourth-order valence-corrected chi connectivity index (χ4v) is 3.28. The lowest BCUT2D eigenvalue weighted by Gasteiger charge is -2.27. The highest BCUT2D eigenvalue weighted by molar-refractivity contribution is 5.82. The number of rotatable bonds is 2. The Morgan fingerprint density at radius 1 is 0.886 bits per heavy atom. The van der Waals surface area contributed by atoms with Crippen LogP contribution >= 0.6 is 0 Å². The Morgan fingerprint density at radius 2 is 1.29 bits per heavy atom. The van der Waals surface area contributed by atoms with E-state index >= 15 is 0 Å². The number of carbonyl (C=O) groups is 2. The van der Waals surface area contributed by atoms with E-state index in [-0.39, 0.29) is 43.3 Å². The van der Waals surface area contributed by atoms with Crippen molar-refractivity contribution in [2.75, 3.05) is 46.6 Å². The Kier molecular flexibility index (Phi) is 9.25. The number of nitro benzene ring substituents is 1. The summed E-state index contributed by atoms with van der Waals surface area (Å²) in [5.74, 6) is -4.83. The van der Waals surface area contributed by atoms with Crippen molar-refractivity contribution in [3.05, 3.63) is 33.4 Å². The number of nitrogens with zero attached hydrogens (tertiary/aromatic N) is 3. The average molecular weight is 517 g/mol. The highest BCUT2D eigenvalue weighted by atomic mass is 19.4. The van der Waals surface area contributed by atoms with Crippen LogP contribution in [0.2, 0.25) is 0 Å². The minimum atomic E-state index is -5.28. The van der Waals surface area contributed by atoms with E-state index in [1.54, 1.807) is 0 Å². The number of ether oxygens (including phenoxy) is 3. The van der Waals surface area contributed by atoms with Crippen LogP contribution in [0.25, 0.3) is 0 Å². The van der Waals surface area contributed by atoms with E-state index in [1.165, 1.54) is 0 Å². The van der Waals surface area contributed by atoms with Gasteiger partial charge in [-0.1, -0.05) is 0 Å². The molecular formula is C19H21F6N3O7. The lowest BCUT2D eigenvalue weighted by Crippen LogP contribution is -2.42. The fourth-order valence-electron chi connectivity index (χ4n) is 3.28. The van der Waals surface area contributed by atoms with Gasteiger partial charge in [-0.3, -0.25) is 19.7 Å². The van der Waals surface area contributed by atoms with Crippen LogP contribution in [0.1, 0.15) is 11.1 Å². The van der Waals surface area contributed by atoms with E-state index < -0.39 is 61.0 Å². The Morgan fingerprint density at radius 3 is 1.60 bits per heavy atom. The number of carbonyl (C=O) groups excluding carboxylic acids is 2. The molecule has 2 bridgehead atoms. The fraction of sp³-hybridized carbons (Fsp3) is 0.579. The molecule has 1 heterocycles. The minimum Gasteiger partial charge on any atom is -0.496 e. The van der Waals surface area contributed by atoms with Gasteiger partial charge in [0, 0.05) is 49.4 Å². The molecule has 2 amide bonds. The van der Waals surface area contributed by atoms with Gasteiger partial charge in [0.15, 0.2) is 0 Å². The van der Waals surface area contributed by atoms with Gasteiger partial charge in [0.25, 0.3) is 5.69 Å². The van der Waals surface area contributed by atoms with Gasteiger partial charge in [0.05, 0.1) is 38.5 Å². The molecule has 35 heavy (non-hydrogen) atoms. The van der Waals surface area contributed by atoms with E-state index in [4.69, 9.17) is 14.2 Å². The van der Waals surface area contributed by atoms with Crippen molar-refractivity contribution in [3.63, 3.8) is 0 Å². The van der Waals surface area contributed by atoms with Crippen molar-refractivity contribution < 1.29 is 55.1 Å². The summed E-state index contributed by atoms with van der Waals surface area (Å²) in [6, 6.07) is 1.69. The van der Waals surface area contributed by atoms with Crippen molar-refractivity contribution >= 4 is 17.5 Å². The highest BCUT2D eigenvalue weighted by Crippen LogP contribution is 2.33. The third-order valence-corrected chi connectivity index (χ3v) is 4.81. The molecule has 16 heteroatoms. The van der Waals surface area contributed by atoms with Gasteiger partial charge in [-0.15, -0.1) is 0 Å². The SMILES string of the molecule is COc1c2cc([N+](=O)[O-])cc1CN(C(=O)C(F)(F)F)CCOCCOCCN(C(=O)C(F)(F)F)C2. The Bertz CT molecular complexity index is 875. The van der Waals surface area contributed by atoms with Crippen molar-refractivity contribution in [3.8, 4) is 5.75 Å². The number of amides is 2. The molecule has 1 aliphatic rings. The molecule has 2 rings (SSSR count). The number of fused-ring (bicyclic) bond motifs is 2. The predicted molar refractivity (Wildman–Crippen MR) is 104 cm³/mol. The molecule has 0 N–H and O–H groups in total. The molecule has 0 aromatic heterocycles. The number of hydrogen-bond acceptors (Lipinski definition) is 7. The van der Waals surface area contributed by atoms with E-state index in [9.17, 15) is 46.0 Å². The average Bonchev–Trinajstić information content (AvgIpc) is 2.76. The monoisotopic (exact) mass is 517 g/mol. The molecule has 1 aromatic carbocycles. The van der Waals surface area contributed by atoms with Crippen molar-refractivity contribution in [2.24, 2.45) is 0 Å². The van der Waals surface area contributed by atoms with Gasteiger partial charge in [-0.05, 0) is 0 Å². The van der Waals surface area contributed by atoms with Gasteiger partial charge in [0.2, 0.25) is 0 Å². The van der Waals surface area contributed by atoms with Crippen molar-refractivity contribution in [1.29, 1.82) is 0 Å². The van der Waals surface area contributed by atoms with E-state index in [2.05, 4.69) is 0 Å². The Labute approximate surface area is 194 Å². The van der Waals surface area contributed by atoms with Gasteiger partial charge >= 0.3 is 24.2 Å². The summed E-state index contributed by atoms with van der Waals surface area (Å²) < 4.78 is 94.2. The first kappa shape index (κ1) is 28.1. The molecule has 0 atom stereocenters. The standard InChI is InChI=1S/C19H21F6N3O7/c1-33-15-12-8-14(28(31)32)9-13(15)11-27(17(30)19(23,24)25)3-5-35-7-6-34-4-2-26(10-12)16(29)18(20,21)22/h8-9H,2-7,10-11H2,1H3. The van der Waals surface area contributed by atoms with E-state index in [0.29, 0.717) is 9.80 Å². The number of hydrogen-bond donors (Lipinski definition) is 0. The zero-order valence-electron chi connectivity index (χ0n) is 18.3. The second-order valence-corrected chi connectivity index (χ2v) is 7.23. The first-order valence-electron chi connectivity index (χ1n) is 9.97. The molecule has 1 aliphatic heterocycles. The third-order valence-electron chi connectivity index (χ3n) is 4.81. The van der Waals surface area contributed by atoms with Crippen molar-refractivity contribution in [2.45, 2.75) is 25.4 Å². The summed E-state index contributed by atoms with van der Waals surface area (Å²) in [6.07, 6.45) is -10.6. The van der Waals surface area contributed by atoms with Gasteiger partial charge in [-0.2, -0.15) is 26.3 Å². The molecule has 0 radical (unpaired) electrons. The summed E-state index contributed by atoms with van der Waals surface area (Å²) >= 11 is 0. The summed E-state index contributed by atoms with van der Waals surface area (Å²) in [5.41, 5.74) is -1.24. The molecule has 196 valence electrons. The summed E-state index contributed by atoms with van der Waals surface area (Å²) in [5, 5.41) is 11.4. The molecule has 0 saturated heterocycles. The highest BCUT2D eigenvalue weighted by Gasteiger charge is 2.44. The lowest BCUT2D eigenvalue weighted by molar-refractivity contribution is -0.385. The maximum Gasteiger partial charge on any atom is 0.471 e. The summed E-state index contributed by atoms with van der Waals surface area (Å²) in [6.45, 7) is -3.78. The van der Waals surface area contributed by atoms with Gasteiger partial charge in [0.1, 0.15) is 5.75 Å². The van der Waals surface area contributed by atoms with Gasteiger partial charge < -0.3 is 24.0 Å². The second kappa shape index (κ2) is 11.5. The van der Waals surface area contributed by atoms with E-state index in [1.807, 2.05) is 0 Å². The molecule has 0 fully saturated rings. The Hall–Kier alpha value is -3.14. The molecule has 1 aromatic rings. The number of nitro groups is 1. The quantitative estimate of drug-likeness (QED) is 0.337. The molecule has 10 nitrogen and oxygen atoms in total. The molecule has 0 spiro atoms. The number of benzene rings is 1. The predicted octanol–water partition coefficient (Wildman–Crippen LogP) is 2.43. The van der Waals surface area contributed by atoms with Crippen LogP contribution in [0.3, 0.4) is 0 Å².